The van der Waals surface area contributed by atoms with Crippen LogP contribution in [0.5, 0.6) is 11.5 Å². The molecule has 0 saturated carbocycles. The summed E-state index contributed by atoms with van der Waals surface area (Å²) in [5, 5.41) is 8.29. The first-order valence-corrected chi connectivity index (χ1v) is 9.71. The van der Waals surface area contributed by atoms with E-state index in [0.717, 1.165) is 22.4 Å². The van der Waals surface area contributed by atoms with E-state index in [2.05, 4.69) is 15.4 Å². The molecule has 2 aromatic heterocycles. The summed E-state index contributed by atoms with van der Waals surface area (Å²) in [5.74, 6) is 0.860. The third-order valence-electron chi connectivity index (χ3n) is 4.50. The number of hydrogen-bond acceptors (Lipinski definition) is 5. The molecule has 1 N–H and O–H groups in total. The van der Waals surface area contributed by atoms with Crippen molar-refractivity contribution in [1.29, 1.82) is 0 Å². The molecule has 0 unspecified atom stereocenters. The minimum atomic E-state index is -0.282. The van der Waals surface area contributed by atoms with E-state index in [0.29, 0.717) is 23.8 Å². The summed E-state index contributed by atoms with van der Waals surface area (Å²) in [5.41, 5.74) is 3.09. The van der Waals surface area contributed by atoms with Crippen molar-refractivity contribution in [3.63, 3.8) is 0 Å². The fourth-order valence-electron chi connectivity index (χ4n) is 3.15. The number of hydrogen-bond donors (Lipinski definition) is 1. The molecule has 4 aromatic rings. The Morgan fingerprint density at radius 2 is 1.73 bits per heavy atom. The van der Waals surface area contributed by atoms with Crippen molar-refractivity contribution in [2.24, 2.45) is 0 Å². The molecule has 0 aliphatic rings. The predicted molar refractivity (Wildman–Crippen MR) is 115 cm³/mol. The van der Waals surface area contributed by atoms with Crippen LogP contribution >= 0.6 is 0 Å². The van der Waals surface area contributed by atoms with Crippen molar-refractivity contribution >= 4 is 22.6 Å². The van der Waals surface area contributed by atoms with Crippen LogP contribution in [-0.2, 0) is 4.79 Å². The summed E-state index contributed by atoms with van der Waals surface area (Å²) >= 11 is 0. The molecule has 0 bridgehead atoms. The van der Waals surface area contributed by atoms with Gasteiger partial charge in [-0.3, -0.25) is 4.79 Å². The van der Waals surface area contributed by atoms with Gasteiger partial charge in [-0.15, -0.1) is 0 Å². The number of nitrogens with zero attached hydrogens (tertiary/aromatic N) is 3. The number of nitrogens with one attached hydrogen (secondary N) is 1. The molecule has 30 heavy (non-hydrogen) atoms. The molecule has 0 fully saturated rings. The quantitative estimate of drug-likeness (QED) is 0.503. The van der Waals surface area contributed by atoms with Crippen molar-refractivity contribution in [3.8, 4) is 17.2 Å². The summed E-state index contributed by atoms with van der Waals surface area (Å²) in [6.45, 7) is 4.20. The zero-order valence-corrected chi connectivity index (χ0v) is 16.8. The molecule has 7 nitrogen and oxygen atoms in total. The van der Waals surface area contributed by atoms with Crippen LogP contribution in [0.15, 0.2) is 66.9 Å². The molecule has 4 rings (SSSR count). The second-order valence-corrected chi connectivity index (χ2v) is 6.64. The number of ether oxygens (including phenoxy) is 2. The molecule has 152 valence electrons. The van der Waals surface area contributed by atoms with Gasteiger partial charge in [0, 0.05) is 5.39 Å². The molecular formula is C23H22N4O3. The molecule has 0 atom stereocenters. The number of aryl methyl sites for hydroxylation is 1. The molecule has 0 saturated heterocycles. The van der Waals surface area contributed by atoms with Crippen LogP contribution in [0.3, 0.4) is 0 Å². The Bertz CT molecular complexity index is 1170. The Kier molecular flexibility index (Phi) is 5.61. The summed E-state index contributed by atoms with van der Waals surface area (Å²) in [7, 11) is 0. The third-order valence-corrected chi connectivity index (χ3v) is 4.50. The van der Waals surface area contributed by atoms with Gasteiger partial charge < -0.3 is 14.8 Å². The number of anilines is 1. The van der Waals surface area contributed by atoms with Gasteiger partial charge in [0.1, 0.15) is 0 Å². The van der Waals surface area contributed by atoms with Gasteiger partial charge in [-0.05, 0) is 44.2 Å². The highest BCUT2D eigenvalue weighted by Gasteiger charge is 2.13. The first-order valence-electron chi connectivity index (χ1n) is 9.71. The lowest BCUT2D eigenvalue weighted by atomic mass is 10.2. The molecule has 7 heteroatoms. The summed E-state index contributed by atoms with van der Waals surface area (Å²) in [6.07, 6.45) is 1.62. The van der Waals surface area contributed by atoms with Gasteiger partial charge in [0.15, 0.2) is 23.8 Å². The van der Waals surface area contributed by atoms with E-state index in [1.807, 2.05) is 68.4 Å². The van der Waals surface area contributed by atoms with Crippen LogP contribution in [-0.4, -0.2) is 33.9 Å². The van der Waals surface area contributed by atoms with Gasteiger partial charge in [-0.1, -0.05) is 30.3 Å². The first-order chi connectivity index (χ1) is 14.7. The smallest absolute Gasteiger partial charge is 0.262 e. The number of carbonyl (C=O) groups excluding carboxylic acids is 1. The second kappa shape index (κ2) is 8.65. The minimum Gasteiger partial charge on any atom is -0.490 e. The van der Waals surface area contributed by atoms with E-state index < -0.39 is 0 Å². The van der Waals surface area contributed by atoms with Crippen LogP contribution in [0.25, 0.3) is 16.7 Å². The molecule has 0 aliphatic carbocycles. The monoisotopic (exact) mass is 402 g/mol. The van der Waals surface area contributed by atoms with E-state index in [9.17, 15) is 4.79 Å². The Hall–Kier alpha value is -3.87. The molecule has 0 aliphatic heterocycles. The fourth-order valence-corrected chi connectivity index (χ4v) is 3.15. The zero-order chi connectivity index (χ0) is 20.9. The van der Waals surface area contributed by atoms with Gasteiger partial charge in [0.2, 0.25) is 0 Å². The maximum absolute atomic E-state index is 12.4. The number of rotatable bonds is 7. The maximum atomic E-state index is 12.4. The lowest BCUT2D eigenvalue weighted by Crippen LogP contribution is -2.20. The third kappa shape index (κ3) is 4.10. The lowest BCUT2D eigenvalue weighted by Gasteiger charge is -2.11. The molecule has 2 aromatic carbocycles. The second-order valence-electron chi connectivity index (χ2n) is 6.64. The van der Waals surface area contributed by atoms with E-state index >= 15 is 0 Å². The largest absolute Gasteiger partial charge is 0.490 e. The standard InChI is InChI=1S/C23H22N4O3/c1-3-29-20-11-7-8-12-21(20)30-15-22(28)25-17-13-19-16(2)26-27(23(19)24-14-17)18-9-5-4-6-10-18/h4-14H,3,15H2,1-2H3,(H,25,28). The minimum absolute atomic E-state index is 0.135. The predicted octanol–water partition coefficient (Wildman–Crippen LogP) is 4.15. The van der Waals surface area contributed by atoms with E-state index in [-0.39, 0.29) is 12.5 Å². The van der Waals surface area contributed by atoms with Gasteiger partial charge in [0.05, 0.1) is 29.9 Å². The van der Waals surface area contributed by atoms with Crippen molar-refractivity contribution in [1.82, 2.24) is 14.8 Å². The Balaban J connectivity index is 1.48. The molecule has 0 radical (unpaired) electrons. The topological polar surface area (TPSA) is 78.3 Å². The van der Waals surface area contributed by atoms with Crippen LogP contribution in [0.2, 0.25) is 0 Å². The van der Waals surface area contributed by atoms with E-state index in [4.69, 9.17) is 9.47 Å². The van der Waals surface area contributed by atoms with Crippen LogP contribution < -0.4 is 14.8 Å². The molecule has 0 spiro atoms. The molecule has 1 amide bonds. The first kappa shape index (κ1) is 19.4. The Labute approximate surface area is 174 Å². The van der Waals surface area contributed by atoms with Crippen molar-refractivity contribution in [2.45, 2.75) is 13.8 Å². The van der Waals surface area contributed by atoms with Crippen molar-refractivity contribution in [3.05, 3.63) is 72.6 Å². The molecule has 2 heterocycles. The zero-order valence-electron chi connectivity index (χ0n) is 16.8. The number of fused-ring (bicyclic) bond motifs is 1. The lowest BCUT2D eigenvalue weighted by molar-refractivity contribution is -0.118. The average Bonchev–Trinajstić information content (AvgIpc) is 3.10. The van der Waals surface area contributed by atoms with Gasteiger partial charge in [-0.25, -0.2) is 9.67 Å². The van der Waals surface area contributed by atoms with Gasteiger partial charge in [0.25, 0.3) is 5.91 Å². The highest BCUT2D eigenvalue weighted by atomic mass is 16.5. The van der Waals surface area contributed by atoms with Gasteiger partial charge in [-0.2, -0.15) is 5.10 Å². The highest BCUT2D eigenvalue weighted by molar-refractivity contribution is 5.94. The number of amides is 1. The van der Waals surface area contributed by atoms with Crippen LogP contribution in [0.4, 0.5) is 5.69 Å². The van der Waals surface area contributed by atoms with E-state index in [1.54, 1.807) is 16.9 Å². The summed E-state index contributed by atoms with van der Waals surface area (Å²) in [6, 6.07) is 19.0. The normalized spacial score (nSPS) is 10.7. The maximum Gasteiger partial charge on any atom is 0.262 e. The SMILES string of the molecule is CCOc1ccccc1OCC(=O)Nc1cnc2c(c1)c(C)nn2-c1ccccc1. The number of para-hydroxylation sites is 3. The number of pyridine rings is 1. The Morgan fingerprint density at radius 1 is 1.03 bits per heavy atom. The van der Waals surface area contributed by atoms with Crippen molar-refractivity contribution < 1.29 is 14.3 Å². The Morgan fingerprint density at radius 3 is 2.47 bits per heavy atom. The van der Waals surface area contributed by atoms with Crippen molar-refractivity contribution in [2.75, 3.05) is 18.5 Å². The number of aromatic nitrogens is 3. The van der Waals surface area contributed by atoms with E-state index in [1.165, 1.54) is 0 Å². The summed E-state index contributed by atoms with van der Waals surface area (Å²) in [4.78, 5) is 16.9. The van der Waals surface area contributed by atoms with Gasteiger partial charge >= 0.3 is 0 Å². The fraction of sp³-hybridized carbons (Fsp3) is 0.174. The number of benzene rings is 2. The average molecular weight is 402 g/mol. The summed E-state index contributed by atoms with van der Waals surface area (Å²) < 4.78 is 12.9. The highest BCUT2D eigenvalue weighted by Crippen LogP contribution is 2.26. The van der Waals surface area contributed by atoms with Crippen LogP contribution in [0, 0.1) is 6.92 Å². The number of carbonyl (C=O) groups is 1. The van der Waals surface area contributed by atoms with Crippen LogP contribution in [0.1, 0.15) is 12.6 Å². The molecular weight excluding hydrogens is 380 g/mol.